The van der Waals surface area contributed by atoms with Crippen molar-refractivity contribution in [3.05, 3.63) is 0 Å². The molecule has 1 aliphatic heterocycles. The van der Waals surface area contributed by atoms with Crippen LogP contribution in [-0.2, 0) is 23.8 Å². The van der Waals surface area contributed by atoms with Crippen LogP contribution in [0.5, 0.6) is 0 Å². The second-order valence-corrected chi connectivity index (χ2v) is 4.75. The van der Waals surface area contributed by atoms with Gasteiger partial charge in [0.25, 0.3) is 0 Å². The highest BCUT2D eigenvalue weighted by atomic mass is 16.6. The zero-order valence-electron chi connectivity index (χ0n) is 11.7. The van der Waals surface area contributed by atoms with E-state index >= 15 is 0 Å². The topological polar surface area (TPSA) is 61.8 Å². The molecule has 2 atom stereocenters. The molecule has 5 nitrogen and oxygen atoms in total. The van der Waals surface area contributed by atoms with E-state index in [1.54, 1.807) is 0 Å². The van der Waals surface area contributed by atoms with Gasteiger partial charge in [0.2, 0.25) is 0 Å². The summed E-state index contributed by atoms with van der Waals surface area (Å²) in [4.78, 5) is 23.5. The maximum Gasteiger partial charge on any atom is 0.339 e. The van der Waals surface area contributed by atoms with E-state index < -0.39 is 29.7 Å². The van der Waals surface area contributed by atoms with Gasteiger partial charge in [0.05, 0.1) is 27.1 Å². The SMILES string of the molecule is [3H]C(C)OC(=O)C1(CC(=O)OC)CCC(C)(C)O1. The molecule has 1 rings (SSSR count). The van der Waals surface area contributed by atoms with Crippen LogP contribution in [0.2, 0.25) is 0 Å². The Labute approximate surface area is 103 Å². The summed E-state index contributed by atoms with van der Waals surface area (Å²) in [5.74, 6) is -1.19. The second kappa shape index (κ2) is 5.04. The van der Waals surface area contributed by atoms with Crippen LogP contribution in [-0.4, -0.2) is 36.8 Å². The standard InChI is InChI=1S/C12H20O5/c1-5-16-10(14)12(8-9(13)15-4)7-6-11(2,3)17-12/h5-8H2,1-4H3/i5T. The molecule has 1 aliphatic rings. The smallest absolute Gasteiger partial charge is 0.339 e. The molecule has 0 saturated carbocycles. The Morgan fingerprint density at radius 1 is 1.41 bits per heavy atom. The van der Waals surface area contributed by atoms with E-state index in [0.717, 1.165) is 0 Å². The largest absolute Gasteiger partial charge is 0.469 e. The van der Waals surface area contributed by atoms with Crippen LogP contribution in [0, 0.1) is 0 Å². The Kier molecular flexibility index (Phi) is 3.66. The monoisotopic (exact) mass is 246 g/mol. The van der Waals surface area contributed by atoms with Gasteiger partial charge in [-0.1, -0.05) is 0 Å². The van der Waals surface area contributed by atoms with Crippen molar-refractivity contribution in [2.24, 2.45) is 0 Å². The van der Waals surface area contributed by atoms with Crippen molar-refractivity contribution in [2.75, 3.05) is 13.7 Å². The number of rotatable bonds is 4. The minimum absolute atomic E-state index is 0.182. The van der Waals surface area contributed by atoms with E-state index in [1.165, 1.54) is 14.0 Å². The predicted molar refractivity (Wildman–Crippen MR) is 60.4 cm³/mol. The third kappa shape index (κ3) is 3.19. The first-order valence-corrected chi connectivity index (χ1v) is 5.61. The van der Waals surface area contributed by atoms with Crippen LogP contribution in [0.15, 0.2) is 0 Å². The zero-order valence-corrected chi connectivity index (χ0v) is 10.7. The van der Waals surface area contributed by atoms with E-state index in [0.29, 0.717) is 12.8 Å². The summed E-state index contributed by atoms with van der Waals surface area (Å²) in [6, 6.07) is 0. The first-order valence-electron chi connectivity index (χ1n) is 6.19. The van der Waals surface area contributed by atoms with Gasteiger partial charge < -0.3 is 14.2 Å². The van der Waals surface area contributed by atoms with E-state index in [1.807, 2.05) is 13.8 Å². The van der Waals surface area contributed by atoms with Gasteiger partial charge in [-0.05, 0) is 33.6 Å². The first-order chi connectivity index (χ1) is 8.21. The van der Waals surface area contributed by atoms with E-state index in [4.69, 9.17) is 10.8 Å². The third-order valence-corrected chi connectivity index (χ3v) is 2.86. The number of esters is 2. The molecule has 0 aromatic rings. The van der Waals surface area contributed by atoms with Gasteiger partial charge >= 0.3 is 11.9 Å². The molecule has 0 amide bonds. The summed E-state index contributed by atoms with van der Waals surface area (Å²) < 4.78 is 22.4. The molecular formula is C12H20O5. The van der Waals surface area contributed by atoms with E-state index in [9.17, 15) is 9.59 Å². The Balaban J connectivity index is 2.89. The maximum absolute atomic E-state index is 12.0. The Hall–Kier alpha value is -1.10. The number of ether oxygens (including phenoxy) is 3. The highest BCUT2D eigenvalue weighted by Crippen LogP contribution is 2.40. The van der Waals surface area contributed by atoms with Crippen LogP contribution < -0.4 is 0 Å². The average molecular weight is 246 g/mol. The lowest BCUT2D eigenvalue weighted by molar-refractivity contribution is -0.182. The van der Waals surface area contributed by atoms with E-state index in [2.05, 4.69) is 4.74 Å². The van der Waals surface area contributed by atoms with Gasteiger partial charge in [0, 0.05) is 0 Å². The van der Waals surface area contributed by atoms with Gasteiger partial charge in [0.1, 0.15) is 0 Å². The fourth-order valence-corrected chi connectivity index (χ4v) is 1.99. The number of carbonyl (C=O) groups excluding carboxylic acids is 2. The van der Waals surface area contributed by atoms with Gasteiger partial charge in [-0.25, -0.2) is 4.79 Å². The van der Waals surface area contributed by atoms with Crippen LogP contribution in [0.25, 0.3) is 0 Å². The minimum Gasteiger partial charge on any atom is -0.469 e. The Bertz CT molecular complexity index is 339. The average Bonchev–Trinajstić information content (AvgIpc) is 2.54. The van der Waals surface area contributed by atoms with E-state index in [-0.39, 0.29) is 6.42 Å². The summed E-state index contributed by atoms with van der Waals surface area (Å²) in [5.41, 5.74) is -1.80. The van der Waals surface area contributed by atoms with Crippen LogP contribution in [0.4, 0.5) is 0 Å². The van der Waals surface area contributed by atoms with Crippen molar-refractivity contribution in [3.63, 3.8) is 0 Å². The molecule has 0 radical (unpaired) electrons. The molecule has 0 aliphatic carbocycles. The first kappa shape index (κ1) is 12.4. The normalized spacial score (nSPS) is 29.3. The van der Waals surface area contributed by atoms with Crippen LogP contribution in [0.3, 0.4) is 0 Å². The highest BCUT2D eigenvalue weighted by molar-refractivity contribution is 5.86. The fraction of sp³-hybridized carbons (Fsp3) is 0.833. The van der Waals surface area contributed by atoms with Crippen molar-refractivity contribution in [1.29, 1.82) is 0 Å². The van der Waals surface area contributed by atoms with Crippen molar-refractivity contribution in [3.8, 4) is 0 Å². The van der Waals surface area contributed by atoms with Gasteiger partial charge in [-0.3, -0.25) is 4.79 Å². The molecule has 0 aromatic heterocycles. The summed E-state index contributed by atoms with van der Waals surface area (Å²) >= 11 is 0. The molecule has 1 saturated heterocycles. The molecule has 0 aromatic carbocycles. The summed E-state index contributed by atoms with van der Waals surface area (Å²) in [7, 11) is 1.26. The molecule has 0 N–H and O–H groups in total. The summed E-state index contributed by atoms with van der Waals surface area (Å²) in [5, 5.41) is 0. The molecule has 2 unspecified atom stereocenters. The molecule has 1 heterocycles. The molecule has 17 heavy (non-hydrogen) atoms. The summed E-state index contributed by atoms with van der Waals surface area (Å²) in [6.45, 7) is 4.15. The Morgan fingerprint density at radius 2 is 2.06 bits per heavy atom. The predicted octanol–water partition coefficient (Wildman–Crippen LogP) is 1.44. The quantitative estimate of drug-likeness (QED) is 0.702. The summed E-state index contributed by atoms with van der Waals surface area (Å²) in [6.07, 6.45) is 0.852. The lowest BCUT2D eigenvalue weighted by Gasteiger charge is -2.28. The lowest BCUT2D eigenvalue weighted by Crippen LogP contribution is -2.44. The third-order valence-electron chi connectivity index (χ3n) is 2.86. The zero-order chi connectivity index (χ0) is 14.0. The van der Waals surface area contributed by atoms with Gasteiger partial charge in [0.15, 0.2) is 5.60 Å². The molecule has 1 fully saturated rings. The molecule has 98 valence electrons. The number of carbonyl (C=O) groups is 2. The second-order valence-electron chi connectivity index (χ2n) is 4.75. The van der Waals surface area contributed by atoms with Gasteiger partial charge in [-0.15, -0.1) is 0 Å². The minimum atomic E-state index is -1.31. The number of hydrogen-bond acceptors (Lipinski definition) is 5. The van der Waals surface area contributed by atoms with Crippen molar-refractivity contribution in [2.45, 2.75) is 51.2 Å². The van der Waals surface area contributed by atoms with Crippen molar-refractivity contribution >= 4 is 11.9 Å². The Morgan fingerprint density at radius 3 is 2.47 bits per heavy atom. The van der Waals surface area contributed by atoms with Crippen LogP contribution >= 0.6 is 0 Å². The molecule has 5 heteroatoms. The lowest BCUT2D eigenvalue weighted by atomic mass is 9.94. The number of methoxy groups -OCH3 is 1. The fourth-order valence-electron chi connectivity index (χ4n) is 1.99. The van der Waals surface area contributed by atoms with Crippen molar-refractivity contribution in [1.82, 2.24) is 0 Å². The maximum atomic E-state index is 12.0. The number of hydrogen-bond donors (Lipinski definition) is 0. The molecule has 0 bridgehead atoms. The highest BCUT2D eigenvalue weighted by Gasteiger charge is 2.52. The molecule has 0 spiro atoms. The van der Waals surface area contributed by atoms with Gasteiger partial charge in [-0.2, -0.15) is 0 Å². The van der Waals surface area contributed by atoms with Crippen molar-refractivity contribution < 1.29 is 25.2 Å². The van der Waals surface area contributed by atoms with Crippen LogP contribution in [0.1, 0.15) is 41.4 Å². The molecular weight excluding hydrogens is 224 g/mol.